The second-order valence-corrected chi connectivity index (χ2v) is 11.9. The highest BCUT2D eigenvalue weighted by Gasteiger charge is 2.48. The van der Waals surface area contributed by atoms with Crippen LogP contribution in [-0.2, 0) is 24.1 Å². The number of piperazine rings is 1. The molecule has 1 heterocycles. The topological polar surface area (TPSA) is 93.2 Å². The van der Waals surface area contributed by atoms with E-state index in [1.807, 2.05) is 16.7 Å². The lowest BCUT2D eigenvalue weighted by molar-refractivity contribution is -0.142. The second kappa shape index (κ2) is 10.1. The molecule has 0 aromatic carbocycles. The monoisotopic (exact) mass is 458 g/mol. The minimum Gasteiger partial charge on any atom is -0.447 e. The maximum Gasteiger partial charge on any atom is 0.410 e. The lowest BCUT2D eigenvalue weighted by Crippen LogP contribution is -2.67. The SMILES string of the molecule is COCCOC(=O)N1C[C@H](C)N(C(C)=O)C2CCC(C3CCC(S(C)(=O)=O)CC3)CC21. The van der Waals surface area contributed by atoms with Gasteiger partial charge in [-0.15, -0.1) is 0 Å². The van der Waals surface area contributed by atoms with Crippen LogP contribution in [0.2, 0.25) is 0 Å². The highest BCUT2D eigenvalue weighted by molar-refractivity contribution is 7.91. The molecule has 3 rings (SSSR count). The summed E-state index contributed by atoms with van der Waals surface area (Å²) in [5.74, 6) is 0.982. The maximum atomic E-state index is 12.9. The Hall–Kier alpha value is -1.35. The number of hydrogen-bond donors (Lipinski definition) is 0. The van der Waals surface area contributed by atoms with E-state index in [1.165, 1.54) is 6.26 Å². The van der Waals surface area contributed by atoms with Crippen LogP contribution in [0.1, 0.15) is 58.8 Å². The van der Waals surface area contributed by atoms with Gasteiger partial charge in [0.15, 0.2) is 0 Å². The predicted octanol–water partition coefficient (Wildman–Crippen LogP) is 2.46. The molecule has 2 aliphatic carbocycles. The van der Waals surface area contributed by atoms with Crippen molar-refractivity contribution in [2.24, 2.45) is 11.8 Å². The summed E-state index contributed by atoms with van der Waals surface area (Å²) in [6.45, 7) is 4.65. The minimum absolute atomic E-state index is 0.0137. The molecule has 2 amide bonds. The van der Waals surface area contributed by atoms with Crippen molar-refractivity contribution in [3.63, 3.8) is 0 Å². The van der Waals surface area contributed by atoms with Crippen molar-refractivity contribution in [1.82, 2.24) is 9.80 Å². The third-order valence-electron chi connectivity index (χ3n) is 7.62. The average Bonchev–Trinajstić information content (AvgIpc) is 2.72. The van der Waals surface area contributed by atoms with E-state index in [4.69, 9.17) is 9.47 Å². The normalized spacial score (nSPS) is 34.2. The van der Waals surface area contributed by atoms with E-state index >= 15 is 0 Å². The summed E-state index contributed by atoms with van der Waals surface area (Å²) in [5, 5.41) is -0.212. The number of hydrogen-bond acceptors (Lipinski definition) is 6. The van der Waals surface area contributed by atoms with Gasteiger partial charge in [-0.05, 0) is 63.7 Å². The van der Waals surface area contributed by atoms with E-state index in [9.17, 15) is 18.0 Å². The van der Waals surface area contributed by atoms with Gasteiger partial charge in [0.2, 0.25) is 5.91 Å². The van der Waals surface area contributed by atoms with Gasteiger partial charge in [-0.25, -0.2) is 13.2 Å². The minimum atomic E-state index is -2.98. The van der Waals surface area contributed by atoms with Gasteiger partial charge < -0.3 is 19.3 Å². The van der Waals surface area contributed by atoms with Crippen LogP contribution in [0.5, 0.6) is 0 Å². The van der Waals surface area contributed by atoms with Crippen molar-refractivity contribution in [1.29, 1.82) is 0 Å². The zero-order chi connectivity index (χ0) is 22.8. The van der Waals surface area contributed by atoms with Crippen LogP contribution in [0, 0.1) is 11.8 Å². The van der Waals surface area contributed by atoms with Gasteiger partial charge in [0.1, 0.15) is 16.4 Å². The number of nitrogens with zero attached hydrogens (tertiary/aromatic N) is 2. The fourth-order valence-electron chi connectivity index (χ4n) is 6.12. The Bertz CT molecular complexity index is 749. The van der Waals surface area contributed by atoms with Crippen molar-refractivity contribution >= 4 is 21.8 Å². The van der Waals surface area contributed by atoms with E-state index in [0.29, 0.717) is 25.0 Å². The first-order valence-corrected chi connectivity index (χ1v) is 13.5. The molecule has 31 heavy (non-hydrogen) atoms. The summed E-state index contributed by atoms with van der Waals surface area (Å²) in [5.41, 5.74) is 0. The molecule has 9 heteroatoms. The van der Waals surface area contributed by atoms with Crippen LogP contribution in [0.4, 0.5) is 4.79 Å². The molecule has 3 aliphatic rings. The molecular formula is C22H38N2O6S. The number of ether oxygens (including phenoxy) is 2. The second-order valence-electron chi connectivity index (χ2n) is 9.61. The highest BCUT2D eigenvalue weighted by atomic mass is 32.2. The molecule has 0 bridgehead atoms. The predicted molar refractivity (Wildman–Crippen MR) is 117 cm³/mol. The van der Waals surface area contributed by atoms with Crippen LogP contribution in [0.25, 0.3) is 0 Å². The summed E-state index contributed by atoms with van der Waals surface area (Å²) < 4.78 is 34.3. The Morgan fingerprint density at radius 2 is 1.61 bits per heavy atom. The number of carbonyl (C=O) groups excluding carboxylic acids is 2. The molecule has 0 aromatic heterocycles. The lowest BCUT2D eigenvalue weighted by atomic mass is 9.69. The van der Waals surface area contributed by atoms with Gasteiger partial charge in [-0.3, -0.25) is 4.79 Å². The van der Waals surface area contributed by atoms with Crippen LogP contribution < -0.4 is 0 Å². The quantitative estimate of drug-likeness (QED) is 0.588. The molecule has 0 N–H and O–H groups in total. The Morgan fingerprint density at radius 3 is 2.19 bits per heavy atom. The van der Waals surface area contributed by atoms with Crippen molar-refractivity contribution in [3.05, 3.63) is 0 Å². The summed E-state index contributed by atoms with van der Waals surface area (Å²) in [7, 11) is -1.41. The zero-order valence-electron chi connectivity index (χ0n) is 19.3. The molecule has 0 spiro atoms. The maximum absolute atomic E-state index is 12.9. The smallest absolute Gasteiger partial charge is 0.410 e. The number of sulfone groups is 1. The summed E-state index contributed by atoms with van der Waals surface area (Å²) in [6, 6.07) is -0.0863. The van der Waals surface area contributed by atoms with E-state index in [2.05, 4.69) is 0 Å². The average molecular weight is 459 g/mol. The fourth-order valence-corrected chi connectivity index (χ4v) is 7.25. The fraction of sp³-hybridized carbons (Fsp3) is 0.909. The van der Waals surface area contributed by atoms with E-state index in [1.54, 1.807) is 14.0 Å². The van der Waals surface area contributed by atoms with E-state index < -0.39 is 9.84 Å². The molecule has 8 nitrogen and oxygen atoms in total. The van der Waals surface area contributed by atoms with Crippen LogP contribution in [0.15, 0.2) is 0 Å². The van der Waals surface area contributed by atoms with Crippen molar-refractivity contribution < 1.29 is 27.5 Å². The Kier molecular flexibility index (Phi) is 7.89. The van der Waals surface area contributed by atoms with Gasteiger partial charge in [-0.2, -0.15) is 0 Å². The Morgan fingerprint density at radius 1 is 0.968 bits per heavy atom. The third-order valence-corrected chi connectivity index (χ3v) is 9.30. The Balaban J connectivity index is 1.71. The third kappa shape index (κ3) is 5.53. The largest absolute Gasteiger partial charge is 0.447 e. The standard InChI is InChI=1S/C22H38N2O6S/c1-15-14-23(22(26)30-12-11-29-3)21-13-18(7-10-20(21)24(15)16(2)25)17-5-8-19(9-6-17)31(4,27)28/h15,17-21H,5-14H2,1-4H3/t15-,17?,18?,19?,20?,21?/m0/s1. The van der Waals surface area contributed by atoms with Gasteiger partial charge in [-0.1, -0.05) is 0 Å². The van der Waals surface area contributed by atoms with Gasteiger partial charge in [0, 0.05) is 32.9 Å². The van der Waals surface area contributed by atoms with Crippen molar-refractivity contribution in [2.45, 2.75) is 82.2 Å². The van der Waals surface area contributed by atoms with Gasteiger partial charge in [0.25, 0.3) is 0 Å². The first-order valence-electron chi connectivity index (χ1n) is 11.5. The molecule has 1 aliphatic heterocycles. The van der Waals surface area contributed by atoms with Crippen LogP contribution in [0.3, 0.4) is 0 Å². The van der Waals surface area contributed by atoms with Crippen molar-refractivity contribution in [2.75, 3.05) is 33.1 Å². The van der Waals surface area contributed by atoms with Gasteiger partial charge in [0.05, 0.1) is 23.9 Å². The molecular weight excluding hydrogens is 420 g/mol. The molecule has 1 saturated heterocycles. The van der Waals surface area contributed by atoms with E-state index in [0.717, 1.165) is 44.9 Å². The molecule has 0 aromatic rings. The summed E-state index contributed by atoms with van der Waals surface area (Å²) >= 11 is 0. The number of carbonyl (C=O) groups is 2. The summed E-state index contributed by atoms with van der Waals surface area (Å²) in [6.07, 6.45) is 7.04. The van der Waals surface area contributed by atoms with Crippen LogP contribution in [-0.4, -0.2) is 86.7 Å². The number of fused-ring (bicyclic) bond motifs is 1. The van der Waals surface area contributed by atoms with Crippen LogP contribution >= 0.6 is 0 Å². The van der Waals surface area contributed by atoms with E-state index in [-0.39, 0.29) is 42.0 Å². The first-order chi connectivity index (χ1) is 14.6. The highest BCUT2D eigenvalue weighted by Crippen LogP contribution is 2.43. The first kappa shape index (κ1) is 24.3. The zero-order valence-corrected chi connectivity index (χ0v) is 20.1. The molecule has 0 radical (unpaired) electrons. The molecule has 178 valence electrons. The number of methoxy groups -OCH3 is 1. The molecule has 2 saturated carbocycles. The van der Waals surface area contributed by atoms with Crippen molar-refractivity contribution in [3.8, 4) is 0 Å². The van der Waals surface area contributed by atoms with Gasteiger partial charge >= 0.3 is 6.09 Å². The Labute approximate surface area is 186 Å². The lowest BCUT2D eigenvalue weighted by Gasteiger charge is -2.54. The molecule has 3 unspecified atom stereocenters. The molecule has 4 atom stereocenters. The number of rotatable bonds is 5. The summed E-state index contributed by atoms with van der Waals surface area (Å²) in [4.78, 5) is 29.0. The molecule has 3 fully saturated rings. The number of amides is 2.